The summed E-state index contributed by atoms with van der Waals surface area (Å²) in [6, 6.07) is 14.8. The molecule has 0 aliphatic carbocycles. The maximum absolute atomic E-state index is 12.0. The normalized spacial score (nSPS) is 10.7. The van der Waals surface area contributed by atoms with E-state index in [9.17, 15) is 9.59 Å². The van der Waals surface area contributed by atoms with Gasteiger partial charge in [0.2, 0.25) is 5.91 Å². The van der Waals surface area contributed by atoms with Gasteiger partial charge in [0.05, 0.1) is 18.7 Å². The van der Waals surface area contributed by atoms with Crippen molar-refractivity contribution in [3.05, 3.63) is 65.9 Å². The number of aromatic amines is 1. The molecule has 1 amide bonds. The van der Waals surface area contributed by atoms with Crippen molar-refractivity contribution >= 4 is 28.5 Å². The van der Waals surface area contributed by atoms with Gasteiger partial charge in [0.1, 0.15) is 0 Å². The zero-order valence-corrected chi connectivity index (χ0v) is 15.2. The van der Waals surface area contributed by atoms with Crippen LogP contribution in [0.3, 0.4) is 0 Å². The molecule has 0 atom stereocenters. The van der Waals surface area contributed by atoms with Gasteiger partial charge in [-0.2, -0.15) is 0 Å². The molecule has 1 heterocycles. The Labute approximate surface area is 157 Å². The molecule has 27 heavy (non-hydrogen) atoms. The monoisotopic (exact) mass is 365 g/mol. The Bertz CT molecular complexity index is 916. The maximum atomic E-state index is 12.0. The van der Waals surface area contributed by atoms with Crippen molar-refractivity contribution in [1.82, 2.24) is 10.3 Å². The number of anilines is 1. The zero-order valence-electron chi connectivity index (χ0n) is 15.2. The molecule has 0 aliphatic heterocycles. The molecule has 6 nitrogen and oxygen atoms in total. The standard InChI is InChI=1S/C21H23N3O3/c1-2-27-21(26)15-7-9-17(10-8-15)24-20(25)14-22-12-11-16-13-23-19-6-4-3-5-18(16)19/h3-10,13,22-23H,2,11-12,14H2,1H3,(H,24,25). The molecule has 140 valence electrons. The Balaban J connectivity index is 1.42. The van der Waals surface area contributed by atoms with Crippen LogP contribution in [0.2, 0.25) is 0 Å². The van der Waals surface area contributed by atoms with E-state index in [1.54, 1.807) is 31.2 Å². The van der Waals surface area contributed by atoms with Crippen LogP contribution in [-0.4, -0.2) is 36.6 Å². The minimum atomic E-state index is -0.366. The van der Waals surface area contributed by atoms with Gasteiger partial charge in [-0.05, 0) is 55.8 Å². The first-order chi connectivity index (χ1) is 13.2. The molecule has 6 heteroatoms. The number of fused-ring (bicyclic) bond motifs is 1. The third-order valence-electron chi connectivity index (χ3n) is 4.21. The van der Waals surface area contributed by atoms with E-state index in [1.807, 2.05) is 24.4 Å². The molecular weight excluding hydrogens is 342 g/mol. The Morgan fingerprint density at radius 3 is 2.63 bits per heavy atom. The van der Waals surface area contributed by atoms with Crippen LogP contribution >= 0.6 is 0 Å². The van der Waals surface area contributed by atoms with Gasteiger partial charge in [0, 0.05) is 22.8 Å². The van der Waals surface area contributed by atoms with E-state index in [1.165, 1.54) is 10.9 Å². The Hall–Kier alpha value is -3.12. The number of nitrogens with one attached hydrogen (secondary N) is 3. The van der Waals surface area contributed by atoms with Gasteiger partial charge in [-0.1, -0.05) is 18.2 Å². The van der Waals surface area contributed by atoms with E-state index >= 15 is 0 Å². The number of benzene rings is 2. The van der Waals surface area contributed by atoms with E-state index in [-0.39, 0.29) is 18.4 Å². The number of hydrogen-bond acceptors (Lipinski definition) is 4. The van der Waals surface area contributed by atoms with E-state index in [0.29, 0.717) is 24.4 Å². The van der Waals surface area contributed by atoms with Crippen molar-refractivity contribution in [2.24, 2.45) is 0 Å². The van der Waals surface area contributed by atoms with Crippen molar-refractivity contribution in [2.75, 3.05) is 25.0 Å². The van der Waals surface area contributed by atoms with Crippen LogP contribution in [0.1, 0.15) is 22.8 Å². The van der Waals surface area contributed by atoms with Crippen molar-refractivity contribution in [3.63, 3.8) is 0 Å². The lowest BCUT2D eigenvalue weighted by molar-refractivity contribution is -0.115. The van der Waals surface area contributed by atoms with Gasteiger partial charge >= 0.3 is 5.97 Å². The van der Waals surface area contributed by atoms with E-state index in [2.05, 4.69) is 21.7 Å². The highest BCUT2D eigenvalue weighted by molar-refractivity contribution is 5.94. The van der Waals surface area contributed by atoms with Crippen LogP contribution < -0.4 is 10.6 Å². The number of rotatable bonds is 8. The smallest absolute Gasteiger partial charge is 0.338 e. The lowest BCUT2D eigenvalue weighted by Gasteiger charge is -2.07. The fraction of sp³-hybridized carbons (Fsp3) is 0.238. The minimum Gasteiger partial charge on any atom is -0.462 e. The van der Waals surface area contributed by atoms with Crippen LogP contribution in [0.5, 0.6) is 0 Å². The van der Waals surface area contributed by atoms with Crippen LogP contribution in [0, 0.1) is 0 Å². The first-order valence-electron chi connectivity index (χ1n) is 9.00. The van der Waals surface area contributed by atoms with Crippen molar-refractivity contribution < 1.29 is 14.3 Å². The van der Waals surface area contributed by atoms with Crippen LogP contribution in [-0.2, 0) is 16.0 Å². The quantitative estimate of drug-likeness (QED) is 0.423. The number of carbonyl (C=O) groups is 2. The summed E-state index contributed by atoms with van der Waals surface area (Å²) < 4.78 is 4.93. The third-order valence-corrected chi connectivity index (χ3v) is 4.21. The van der Waals surface area contributed by atoms with Gasteiger partial charge in [-0.15, -0.1) is 0 Å². The predicted octanol–water partition coefficient (Wildman–Crippen LogP) is 3.12. The summed E-state index contributed by atoms with van der Waals surface area (Å²) in [6.07, 6.45) is 2.85. The van der Waals surface area contributed by atoms with Gasteiger partial charge < -0.3 is 20.4 Å². The summed E-state index contributed by atoms with van der Waals surface area (Å²) in [5, 5.41) is 7.17. The molecule has 0 aliphatic rings. The Kier molecular flexibility index (Phi) is 6.22. The molecule has 3 rings (SSSR count). The highest BCUT2D eigenvalue weighted by atomic mass is 16.5. The van der Waals surface area contributed by atoms with E-state index in [4.69, 9.17) is 4.74 Å². The van der Waals surface area contributed by atoms with Gasteiger partial charge in [0.15, 0.2) is 0 Å². The molecule has 0 radical (unpaired) electrons. The van der Waals surface area contributed by atoms with Crippen molar-refractivity contribution in [1.29, 1.82) is 0 Å². The molecule has 0 bridgehead atoms. The lowest BCUT2D eigenvalue weighted by Crippen LogP contribution is -2.29. The summed E-state index contributed by atoms with van der Waals surface area (Å²) in [6.45, 7) is 3.03. The molecule has 0 fully saturated rings. The second kappa shape index (κ2) is 9.00. The van der Waals surface area contributed by atoms with Crippen LogP contribution in [0.4, 0.5) is 5.69 Å². The second-order valence-electron chi connectivity index (χ2n) is 6.13. The fourth-order valence-electron chi connectivity index (χ4n) is 2.87. The Morgan fingerprint density at radius 1 is 1.07 bits per heavy atom. The van der Waals surface area contributed by atoms with Gasteiger partial charge in [0.25, 0.3) is 0 Å². The van der Waals surface area contributed by atoms with E-state index < -0.39 is 0 Å². The molecular formula is C21H23N3O3. The number of hydrogen-bond donors (Lipinski definition) is 3. The topological polar surface area (TPSA) is 83.2 Å². The average Bonchev–Trinajstić information content (AvgIpc) is 3.09. The predicted molar refractivity (Wildman–Crippen MR) is 106 cm³/mol. The summed E-state index contributed by atoms with van der Waals surface area (Å²) in [5.41, 5.74) is 3.46. The zero-order chi connectivity index (χ0) is 19.1. The summed E-state index contributed by atoms with van der Waals surface area (Å²) in [4.78, 5) is 26.9. The van der Waals surface area contributed by atoms with Crippen LogP contribution in [0.25, 0.3) is 10.9 Å². The number of aromatic nitrogens is 1. The molecule has 0 saturated heterocycles. The number of para-hydroxylation sites is 1. The number of ether oxygens (including phenoxy) is 1. The van der Waals surface area contributed by atoms with E-state index in [0.717, 1.165) is 11.9 Å². The minimum absolute atomic E-state index is 0.127. The summed E-state index contributed by atoms with van der Waals surface area (Å²) in [7, 11) is 0. The number of carbonyl (C=O) groups excluding carboxylic acids is 2. The molecule has 1 aromatic heterocycles. The highest BCUT2D eigenvalue weighted by Gasteiger charge is 2.07. The molecule has 3 N–H and O–H groups in total. The number of amides is 1. The second-order valence-corrected chi connectivity index (χ2v) is 6.13. The number of H-pyrrole nitrogens is 1. The number of esters is 1. The SMILES string of the molecule is CCOC(=O)c1ccc(NC(=O)CNCCc2c[nH]c3ccccc23)cc1. The highest BCUT2D eigenvalue weighted by Crippen LogP contribution is 2.17. The van der Waals surface area contributed by atoms with Gasteiger partial charge in [-0.3, -0.25) is 4.79 Å². The molecule has 3 aromatic rings. The maximum Gasteiger partial charge on any atom is 0.338 e. The van der Waals surface area contributed by atoms with Gasteiger partial charge in [-0.25, -0.2) is 4.79 Å². The van der Waals surface area contributed by atoms with Crippen molar-refractivity contribution in [3.8, 4) is 0 Å². The summed E-state index contributed by atoms with van der Waals surface area (Å²) >= 11 is 0. The average molecular weight is 365 g/mol. The molecule has 0 unspecified atom stereocenters. The Morgan fingerprint density at radius 2 is 1.85 bits per heavy atom. The fourth-order valence-corrected chi connectivity index (χ4v) is 2.87. The molecule has 2 aromatic carbocycles. The lowest BCUT2D eigenvalue weighted by atomic mass is 10.1. The molecule has 0 spiro atoms. The first kappa shape index (κ1) is 18.7. The largest absolute Gasteiger partial charge is 0.462 e. The third kappa shape index (κ3) is 4.95. The molecule has 0 saturated carbocycles. The van der Waals surface area contributed by atoms with Crippen LogP contribution in [0.15, 0.2) is 54.7 Å². The summed E-state index contributed by atoms with van der Waals surface area (Å²) in [5.74, 6) is -0.493. The first-order valence-corrected chi connectivity index (χ1v) is 9.00. The van der Waals surface area contributed by atoms with Crippen molar-refractivity contribution in [2.45, 2.75) is 13.3 Å².